The molecule has 0 bridgehead atoms. The Morgan fingerprint density at radius 3 is 1.69 bits per heavy atom. The van der Waals surface area contributed by atoms with Gasteiger partial charge in [0.25, 0.3) is 0 Å². The van der Waals surface area contributed by atoms with Crippen molar-refractivity contribution < 1.29 is 36.4 Å². The van der Waals surface area contributed by atoms with Gasteiger partial charge in [0.2, 0.25) is 17.4 Å². The molecule has 0 fully saturated rings. The lowest BCUT2D eigenvalue weighted by Gasteiger charge is -2.10. The smallest absolute Gasteiger partial charge is 0.398 e. The van der Waals surface area contributed by atoms with Crippen molar-refractivity contribution in [1.82, 2.24) is 0 Å². The summed E-state index contributed by atoms with van der Waals surface area (Å²) in [6.07, 6.45) is 0. The van der Waals surface area contributed by atoms with Gasteiger partial charge in [-0.05, 0) is 22.6 Å². The fourth-order valence-corrected chi connectivity index (χ4v) is 1.66. The van der Waals surface area contributed by atoms with E-state index in [1.165, 1.54) is 0 Å². The molecule has 0 amide bonds. The Hall–Kier alpha value is -0.380. The molecule has 16 heavy (non-hydrogen) atoms. The zero-order chi connectivity index (χ0) is 12.7. The summed E-state index contributed by atoms with van der Waals surface area (Å²) in [6.45, 7) is 0. The molecule has 1 rings (SSSR count). The Kier molecular flexibility index (Phi) is 3.83. The topological polar surface area (TPSA) is 66.8 Å². The van der Waals surface area contributed by atoms with Crippen LogP contribution in [0.5, 0.6) is 5.75 Å². The van der Waals surface area contributed by atoms with Crippen LogP contribution in [0.3, 0.4) is 0 Å². The summed E-state index contributed by atoms with van der Waals surface area (Å²) in [7, 11) is -5.31. The maximum Gasteiger partial charge on any atom is 0.525 e. The van der Waals surface area contributed by atoms with Crippen molar-refractivity contribution in [3.05, 3.63) is 26.8 Å². The van der Waals surface area contributed by atoms with Crippen LogP contribution in [0.4, 0.5) is 17.6 Å². The molecule has 1 aromatic rings. The van der Waals surface area contributed by atoms with Crippen LogP contribution in [0.2, 0.25) is 0 Å². The summed E-state index contributed by atoms with van der Waals surface area (Å²) >= 11 is 0.994. The van der Waals surface area contributed by atoms with Crippen LogP contribution >= 0.6 is 30.4 Å². The summed E-state index contributed by atoms with van der Waals surface area (Å²) in [4.78, 5) is 16.6. The van der Waals surface area contributed by atoms with E-state index in [2.05, 4.69) is 4.52 Å². The maximum absolute atomic E-state index is 13.0. The number of rotatable bonds is 2. The lowest BCUT2D eigenvalue weighted by molar-refractivity contribution is 0.267. The molecule has 0 aromatic heterocycles. The first-order chi connectivity index (χ1) is 7.15. The number of hydrogen-bond acceptors (Lipinski definition) is 2. The molecule has 0 saturated heterocycles. The fraction of sp³-hybridized carbons (Fsp3) is 0. The summed E-state index contributed by atoms with van der Waals surface area (Å²) in [6, 6.07) is 0. The molecule has 0 heterocycles. The highest BCUT2D eigenvalue weighted by atomic mass is 127. The van der Waals surface area contributed by atoms with Crippen molar-refractivity contribution in [2.24, 2.45) is 0 Å². The highest BCUT2D eigenvalue weighted by Gasteiger charge is 2.30. The minimum absolute atomic E-state index is 0.981. The highest BCUT2D eigenvalue weighted by Crippen LogP contribution is 2.42. The van der Waals surface area contributed by atoms with Crippen LogP contribution < -0.4 is 4.52 Å². The van der Waals surface area contributed by atoms with Crippen molar-refractivity contribution in [1.29, 1.82) is 0 Å². The number of hydrogen-bond donors (Lipinski definition) is 2. The van der Waals surface area contributed by atoms with E-state index in [1.807, 2.05) is 0 Å². The van der Waals surface area contributed by atoms with E-state index in [9.17, 15) is 22.1 Å². The van der Waals surface area contributed by atoms with Gasteiger partial charge in [-0.3, -0.25) is 9.79 Å². The summed E-state index contributed by atoms with van der Waals surface area (Å²) < 4.78 is 64.6. The van der Waals surface area contributed by atoms with E-state index in [4.69, 9.17) is 9.79 Å². The van der Waals surface area contributed by atoms with Gasteiger partial charge in [0.05, 0.1) is 3.57 Å². The third kappa shape index (κ3) is 2.65. The monoisotopic (exact) mass is 372 g/mol. The maximum atomic E-state index is 13.0. The van der Waals surface area contributed by atoms with Gasteiger partial charge >= 0.3 is 7.82 Å². The van der Waals surface area contributed by atoms with Crippen LogP contribution in [-0.2, 0) is 4.57 Å². The molecule has 0 unspecified atom stereocenters. The first-order valence-electron chi connectivity index (χ1n) is 3.41. The third-order valence-corrected chi connectivity index (χ3v) is 2.75. The number of benzene rings is 1. The molecule has 4 nitrogen and oxygen atoms in total. The normalized spacial score (nSPS) is 11.7. The van der Waals surface area contributed by atoms with Crippen LogP contribution in [0, 0.1) is 26.8 Å². The number of phosphoric ester groups is 1. The van der Waals surface area contributed by atoms with Gasteiger partial charge < -0.3 is 4.52 Å². The molecule has 0 aliphatic rings. The molecule has 10 heteroatoms. The van der Waals surface area contributed by atoms with E-state index in [1.54, 1.807) is 0 Å². The van der Waals surface area contributed by atoms with Crippen molar-refractivity contribution >= 4 is 30.4 Å². The standard InChI is InChI=1S/C6H2F4IO4P/c7-1-3(9)6(15-16(12,13)14)4(10)2(8)5(1)11/h(H2,12,13,14). The Morgan fingerprint density at radius 2 is 1.38 bits per heavy atom. The summed E-state index contributed by atoms with van der Waals surface area (Å²) in [5.41, 5.74) is 0. The van der Waals surface area contributed by atoms with Crippen LogP contribution in [0.25, 0.3) is 0 Å². The molecule has 90 valence electrons. The van der Waals surface area contributed by atoms with E-state index >= 15 is 0 Å². The van der Waals surface area contributed by atoms with E-state index in [0.717, 1.165) is 22.6 Å². The Bertz CT molecular complexity index is 459. The van der Waals surface area contributed by atoms with E-state index in [0.29, 0.717) is 0 Å². The molecule has 0 atom stereocenters. The molecule has 0 radical (unpaired) electrons. The summed E-state index contributed by atoms with van der Waals surface area (Å²) in [5.74, 6) is -9.38. The lowest BCUT2D eigenvalue weighted by atomic mass is 10.3. The number of phosphoric acid groups is 1. The van der Waals surface area contributed by atoms with Crippen LogP contribution in [0.1, 0.15) is 0 Å². The Labute approximate surface area is 99.6 Å². The largest absolute Gasteiger partial charge is 0.525 e. The molecule has 2 N–H and O–H groups in total. The molecular weight excluding hydrogens is 370 g/mol. The van der Waals surface area contributed by atoms with Gasteiger partial charge in [-0.15, -0.1) is 0 Å². The molecule has 0 spiro atoms. The predicted molar refractivity (Wildman–Crippen MR) is 51.7 cm³/mol. The van der Waals surface area contributed by atoms with Crippen molar-refractivity contribution in [2.75, 3.05) is 0 Å². The zero-order valence-corrected chi connectivity index (χ0v) is 10.1. The third-order valence-electron chi connectivity index (χ3n) is 1.38. The van der Waals surface area contributed by atoms with Gasteiger partial charge in [-0.2, -0.15) is 8.78 Å². The molecule has 0 aliphatic heterocycles. The average Bonchev–Trinajstić information content (AvgIpc) is 2.17. The SMILES string of the molecule is O=P(O)(O)Oc1c(F)c(F)c(I)c(F)c1F. The van der Waals surface area contributed by atoms with E-state index in [-0.39, 0.29) is 0 Å². The highest BCUT2D eigenvalue weighted by molar-refractivity contribution is 14.1. The van der Waals surface area contributed by atoms with Crippen molar-refractivity contribution in [2.45, 2.75) is 0 Å². The predicted octanol–water partition coefficient (Wildman–Crippen LogP) is 2.32. The number of halogens is 5. The van der Waals surface area contributed by atoms with Gasteiger partial charge in [0.1, 0.15) is 0 Å². The van der Waals surface area contributed by atoms with Gasteiger partial charge in [-0.1, -0.05) is 0 Å². The van der Waals surface area contributed by atoms with Crippen molar-refractivity contribution in [3.63, 3.8) is 0 Å². The quantitative estimate of drug-likeness (QED) is 0.275. The van der Waals surface area contributed by atoms with Gasteiger partial charge in [-0.25, -0.2) is 13.3 Å². The molecule has 0 saturated carbocycles. The van der Waals surface area contributed by atoms with Crippen LogP contribution in [-0.4, -0.2) is 9.79 Å². The molecule has 1 aromatic carbocycles. The second kappa shape index (κ2) is 4.47. The zero-order valence-electron chi connectivity index (χ0n) is 7.05. The average molecular weight is 372 g/mol. The van der Waals surface area contributed by atoms with Crippen molar-refractivity contribution in [3.8, 4) is 5.75 Å². The Morgan fingerprint density at radius 1 is 1.00 bits per heavy atom. The molecular formula is C6H2F4IO4P. The minimum atomic E-state index is -5.31. The summed E-state index contributed by atoms with van der Waals surface area (Å²) in [5, 5.41) is 0. The molecule has 0 aliphatic carbocycles. The second-order valence-corrected chi connectivity index (χ2v) is 4.72. The first kappa shape index (κ1) is 13.7. The Balaban J connectivity index is 3.46. The van der Waals surface area contributed by atoms with Gasteiger partial charge in [0.15, 0.2) is 11.6 Å². The second-order valence-electron chi connectivity index (χ2n) is 2.48. The fourth-order valence-electron chi connectivity index (χ4n) is 0.784. The minimum Gasteiger partial charge on any atom is -0.398 e. The van der Waals surface area contributed by atoms with Gasteiger partial charge in [0, 0.05) is 0 Å². The van der Waals surface area contributed by atoms with Crippen LogP contribution in [0.15, 0.2) is 0 Å². The lowest BCUT2D eigenvalue weighted by Crippen LogP contribution is -2.04. The van der Waals surface area contributed by atoms with E-state index < -0.39 is 40.4 Å². The first-order valence-corrected chi connectivity index (χ1v) is 6.02.